The van der Waals surface area contributed by atoms with Gasteiger partial charge in [-0.05, 0) is 55.2 Å². The van der Waals surface area contributed by atoms with Gasteiger partial charge in [-0.1, -0.05) is 23.7 Å². The van der Waals surface area contributed by atoms with E-state index >= 15 is 0 Å². The van der Waals surface area contributed by atoms with Crippen LogP contribution in [-0.2, 0) is 6.42 Å². The first-order valence-corrected chi connectivity index (χ1v) is 7.91. The molecule has 22 heavy (non-hydrogen) atoms. The Morgan fingerprint density at radius 3 is 2.82 bits per heavy atom. The summed E-state index contributed by atoms with van der Waals surface area (Å²) in [6.45, 7) is 0. The van der Waals surface area contributed by atoms with Gasteiger partial charge in [0.05, 0.1) is 11.7 Å². The van der Waals surface area contributed by atoms with Gasteiger partial charge in [-0.2, -0.15) is 0 Å². The van der Waals surface area contributed by atoms with E-state index in [1.165, 1.54) is 17.5 Å². The maximum Gasteiger partial charge on any atom is 0.215 e. The Labute approximate surface area is 134 Å². The van der Waals surface area contributed by atoms with Gasteiger partial charge < -0.3 is 5.32 Å². The van der Waals surface area contributed by atoms with E-state index in [-0.39, 0.29) is 6.04 Å². The van der Waals surface area contributed by atoms with E-state index in [4.69, 9.17) is 16.6 Å². The minimum absolute atomic E-state index is 0.260. The van der Waals surface area contributed by atoms with Gasteiger partial charge in [0.1, 0.15) is 0 Å². The molecule has 0 fully saturated rings. The molecule has 112 valence electrons. The number of rotatable bonds is 2. The molecule has 1 atom stereocenters. The summed E-state index contributed by atoms with van der Waals surface area (Å²) in [6.07, 6.45) is 3.46. The van der Waals surface area contributed by atoms with Gasteiger partial charge in [0.2, 0.25) is 5.96 Å². The van der Waals surface area contributed by atoms with E-state index in [1.807, 2.05) is 24.3 Å². The van der Waals surface area contributed by atoms with E-state index in [0.717, 1.165) is 35.2 Å². The summed E-state index contributed by atoms with van der Waals surface area (Å²) in [4.78, 5) is 4.79. The van der Waals surface area contributed by atoms with Crippen LogP contribution in [0.3, 0.4) is 0 Å². The lowest BCUT2D eigenvalue weighted by molar-refractivity contribution is 0.568. The standard InChI is InChI=1S/C17H17ClN4/c18-12-7-9-13(10-8-12)21-22-17-19-14-5-1-3-11-4-2-6-15(20-17)16(11)14/h1,3,5,7-10,15,21H,2,4,6H2,(H2,19,20,22). The van der Waals surface area contributed by atoms with Crippen LogP contribution < -0.4 is 16.2 Å². The summed E-state index contributed by atoms with van der Waals surface area (Å²) in [7, 11) is 0. The van der Waals surface area contributed by atoms with Crippen LogP contribution >= 0.6 is 11.6 Å². The molecule has 2 aromatic carbocycles. The zero-order valence-corrected chi connectivity index (χ0v) is 12.8. The van der Waals surface area contributed by atoms with Crippen molar-refractivity contribution < 1.29 is 0 Å². The molecule has 4 nitrogen and oxygen atoms in total. The largest absolute Gasteiger partial charge is 0.325 e. The number of hydrogen-bond acceptors (Lipinski definition) is 4. The van der Waals surface area contributed by atoms with E-state index in [1.54, 1.807) is 0 Å². The molecule has 0 aromatic heterocycles. The van der Waals surface area contributed by atoms with E-state index < -0.39 is 0 Å². The van der Waals surface area contributed by atoms with E-state index in [2.05, 4.69) is 34.4 Å². The number of guanidine groups is 1. The molecule has 2 aromatic rings. The highest BCUT2D eigenvalue weighted by Crippen LogP contribution is 2.39. The minimum Gasteiger partial charge on any atom is -0.325 e. The van der Waals surface area contributed by atoms with Crippen LogP contribution in [0.4, 0.5) is 11.4 Å². The lowest BCUT2D eigenvalue weighted by atomic mass is 9.86. The molecule has 4 rings (SSSR count). The van der Waals surface area contributed by atoms with Crippen molar-refractivity contribution in [2.45, 2.75) is 25.3 Å². The number of halogens is 1. The highest BCUT2D eigenvalue weighted by atomic mass is 35.5. The second-order valence-electron chi connectivity index (χ2n) is 5.65. The van der Waals surface area contributed by atoms with Crippen LogP contribution in [-0.4, -0.2) is 5.96 Å². The van der Waals surface area contributed by atoms with Crippen LogP contribution in [0.1, 0.15) is 30.0 Å². The topological polar surface area (TPSA) is 48.5 Å². The number of hydrazine groups is 1. The first-order valence-electron chi connectivity index (χ1n) is 7.54. The molecule has 3 N–H and O–H groups in total. The zero-order valence-electron chi connectivity index (χ0n) is 12.1. The molecule has 2 aliphatic rings. The molecule has 0 saturated carbocycles. The highest BCUT2D eigenvalue weighted by Gasteiger charge is 2.26. The summed E-state index contributed by atoms with van der Waals surface area (Å²) in [5, 5.41) is 4.09. The van der Waals surface area contributed by atoms with Crippen LogP contribution in [0.2, 0.25) is 5.02 Å². The van der Waals surface area contributed by atoms with Crippen LogP contribution in [0.15, 0.2) is 47.5 Å². The van der Waals surface area contributed by atoms with Gasteiger partial charge >= 0.3 is 0 Å². The highest BCUT2D eigenvalue weighted by molar-refractivity contribution is 6.30. The fourth-order valence-electron chi connectivity index (χ4n) is 3.14. The summed E-state index contributed by atoms with van der Waals surface area (Å²) < 4.78 is 0. The van der Waals surface area contributed by atoms with Crippen molar-refractivity contribution in [3.63, 3.8) is 0 Å². The van der Waals surface area contributed by atoms with Crippen LogP contribution in [0.25, 0.3) is 0 Å². The average Bonchev–Trinajstić information content (AvgIpc) is 2.55. The van der Waals surface area contributed by atoms with Gasteiger partial charge in [0, 0.05) is 16.3 Å². The van der Waals surface area contributed by atoms with Crippen molar-refractivity contribution in [3.05, 3.63) is 58.6 Å². The smallest absolute Gasteiger partial charge is 0.215 e. The predicted octanol–water partition coefficient (Wildman–Crippen LogP) is 4.12. The fraction of sp³-hybridized carbons (Fsp3) is 0.235. The van der Waals surface area contributed by atoms with Crippen molar-refractivity contribution in [2.75, 3.05) is 10.7 Å². The third-order valence-corrected chi connectivity index (χ3v) is 4.41. The number of hydrogen-bond donors (Lipinski definition) is 3. The summed E-state index contributed by atoms with van der Waals surface area (Å²) in [5.74, 6) is 0.756. The molecule has 5 heteroatoms. The second-order valence-corrected chi connectivity index (χ2v) is 6.08. The van der Waals surface area contributed by atoms with Crippen molar-refractivity contribution in [2.24, 2.45) is 4.99 Å². The average molecular weight is 313 g/mol. The summed E-state index contributed by atoms with van der Waals surface area (Å²) in [5.41, 5.74) is 11.2. The predicted molar refractivity (Wildman–Crippen MR) is 91.4 cm³/mol. The van der Waals surface area contributed by atoms with Gasteiger partial charge in [0.15, 0.2) is 0 Å². The third-order valence-electron chi connectivity index (χ3n) is 4.16. The van der Waals surface area contributed by atoms with Crippen molar-refractivity contribution >= 4 is 28.9 Å². The van der Waals surface area contributed by atoms with Crippen molar-refractivity contribution in [3.8, 4) is 0 Å². The third kappa shape index (κ3) is 2.50. The first kappa shape index (κ1) is 13.5. The first-order chi connectivity index (χ1) is 10.8. The van der Waals surface area contributed by atoms with Crippen molar-refractivity contribution in [1.29, 1.82) is 0 Å². The molecule has 0 radical (unpaired) electrons. The van der Waals surface area contributed by atoms with E-state index in [9.17, 15) is 0 Å². The van der Waals surface area contributed by atoms with Gasteiger partial charge in [-0.15, -0.1) is 0 Å². The van der Waals surface area contributed by atoms with Gasteiger partial charge in [0.25, 0.3) is 0 Å². The molecule has 1 aliphatic carbocycles. The molecule has 0 bridgehead atoms. The van der Waals surface area contributed by atoms with Crippen molar-refractivity contribution in [1.82, 2.24) is 5.43 Å². The molecular weight excluding hydrogens is 296 g/mol. The Balaban J connectivity index is 1.52. The van der Waals surface area contributed by atoms with Gasteiger partial charge in [-0.25, -0.2) is 4.99 Å². The Morgan fingerprint density at radius 2 is 1.95 bits per heavy atom. The molecule has 1 heterocycles. The number of aliphatic imine (C=N–C) groups is 1. The SMILES string of the molecule is Clc1ccc(NNC2=NC3CCCc4cccc(c43)N2)cc1. The summed E-state index contributed by atoms with van der Waals surface area (Å²) in [6, 6.07) is 14.3. The van der Waals surface area contributed by atoms with Gasteiger partial charge in [-0.3, -0.25) is 10.9 Å². The summed E-state index contributed by atoms with van der Waals surface area (Å²) >= 11 is 5.89. The number of nitrogens with zero attached hydrogens (tertiary/aromatic N) is 1. The molecule has 1 aliphatic heterocycles. The second kappa shape index (κ2) is 5.54. The molecular formula is C17H17ClN4. The Bertz CT molecular complexity index is 724. The number of aryl methyl sites for hydroxylation is 1. The monoisotopic (exact) mass is 312 g/mol. The van der Waals surface area contributed by atoms with Crippen LogP contribution in [0, 0.1) is 0 Å². The Morgan fingerprint density at radius 1 is 1.09 bits per heavy atom. The lowest BCUT2D eigenvalue weighted by Crippen LogP contribution is -2.38. The fourth-order valence-corrected chi connectivity index (χ4v) is 3.26. The molecule has 0 saturated heterocycles. The zero-order chi connectivity index (χ0) is 14.9. The number of benzene rings is 2. The maximum atomic E-state index is 5.89. The van der Waals surface area contributed by atoms with E-state index in [0.29, 0.717) is 0 Å². The Hall–Kier alpha value is -2.20. The van der Waals surface area contributed by atoms with Crippen LogP contribution in [0.5, 0.6) is 0 Å². The molecule has 0 spiro atoms. The minimum atomic E-state index is 0.260. The quantitative estimate of drug-likeness (QED) is 0.731. The number of nitrogens with one attached hydrogen (secondary N) is 3. The lowest BCUT2D eigenvalue weighted by Gasteiger charge is -2.31. The Kier molecular flexibility index (Phi) is 3.39. The maximum absolute atomic E-state index is 5.89. The normalized spacial score (nSPS) is 18.8. The number of anilines is 2. The molecule has 1 unspecified atom stereocenters. The molecule has 0 amide bonds.